The molecule has 0 bridgehead atoms. The van der Waals surface area contributed by atoms with Crippen molar-refractivity contribution in [1.82, 2.24) is 4.98 Å². The summed E-state index contributed by atoms with van der Waals surface area (Å²) in [5, 5.41) is 1.09. The van der Waals surface area contributed by atoms with Crippen LogP contribution >= 0.6 is 11.3 Å². The molecule has 0 aliphatic rings. The van der Waals surface area contributed by atoms with E-state index in [1.165, 1.54) is 0 Å². The van der Waals surface area contributed by atoms with Gasteiger partial charge in [-0.25, -0.2) is 4.98 Å². The molecule has 0 aliphatic heterocycles. The maximum Gasteiger partial charge on any atom is 0.0907 e. The van der Waals surface area contributed by atoms with Crippen LogP contribution in [0.5, 0.6) is 0 Å². The van der Waals surface area contributed by atoms with Crippen molar-refractivity contribution < 1.29 is 0 Å². The van der Waals surface area contributed by atoms with E-state index in [1.807, 2.05) is 45.9 Å². The maximum absolute atomic E-state index is 4.33. The molecule has 0 saturated carbocycles. The highest BCUT2D eigenvalue weighted by Gasteiger charge is 2.00. The number of thiazole rings is 1. The Morgan fingerprint density at radius 2 is 2.00 bits per heavy atom. The normalized spacial score (nSPS) is 9.54. The smallest absolute Gasteiger partial charge is 0.0907 e. The van der Waals surface area contributed by atoms with Crippen LogP contribution in [0.4, 0.5) is 0 Å². The number of aromatic nitrogens is 1. The molecular formula is C11H17NS. The standard InChI is InChI=1S/C9H11NS.C2H6/c1-4-6-8-9(5-2)11-7(3)10-8;1-2/h4-6H,2H2,1,3H3;1-2H3/b6-4-;. The van der Waals surface area contributed by atoms with Gasteiger partial charge >= 0.3 is 0 Å². The zero-order valence-corrected chi connectivity index (χ0v) is 9.61. The van der Waals surface area contributed by atoms with Gasteiger partial charge in [-0.2, -0.15) is 0 Å². The lowest BCUT2D eigenvalue weighted by atomic mass is 10.3. The second kappa shape index (κ2) is 6.61. The van der Waals surface area contributed by atoms with Gasteiger partial charge in [0.15, 0.2) is 0 Å². The average Bonchev–Trinajstić information content (AvgIpc) is 2.50. The van der Waals surface area contributed by atoms with Gasteiger partial charge in [0.25, 0.3) is 0 Å². The minimum absolute atomic E-state index is 1.03. The summed E-state index contributed by atoms with van der Waals surface area (Å²) in [6.45, 7) is 11.7. The molecule has 2 heteroatoms. The van der Waals surface area contributed by atoms with Crippen molar-refractivity contribution in [3.63, 3.8) is 0 Å². The lowest BCUT2D eigenvalue weighted by Gasteiger charge is -1.84. The Bertz CT molecular complexity index is 284. The quantitative estimate of drug-likeness (QED) is 0.690. The molecule has 0 N–H and O–H groups in total. The molecule has 1 aromatic heterocycles. The second-order valence-electron chi connectivity index (χ2n) is 2.19. The molecule has 0 atom stereocenters. The molecule has 0 radical (unpaired) electrons. The number of nitrogens with zero attached hydrogens (tertiary/aromatic N) is 1. The predicted octanol–water partition coefficient (Wildman–Crippen LogP) is 4.15. The highest BCUT2D eigenvalue weighted by molar-refractivity contribution is 7.12. The Morgan fingerprint density at radius 3 is 2.46 bits per heavy atom. The molecule has 72 valence electrons. The fraction of sp³-hybridized carbons (Fsp3) is 0.364. The Morgan fingerprint density at radius 1 is 1.38 bits per heavy atom. The lowest BCUT2D eigenvalue weighted by molar-refractivity contribution is 1.27. The van der Waals surface area contributed by atoms with Crippen molar-refractivity contribution >= 4 is 23.5 Å². The third-order valence-corrected chi connectivity index (χ3v) is 2.28. The van der Waals surface area contributed by atoms with Crippen LogP contribution in [0.3, 0.4) is 0 Å². The summed E-state index contributed by atoms with van der Waals surface area (Å²) in [7, 11) is 0. The van der Waals surface area contributed by atoms with E-state index in [0.717, 1.165) is 15.6 Å². The summed E-state index contributed by atoms with van der Waals surface area (Å²) < 4.78 is 0. The summed E-state index contributed by atoms with van der Waals surface area (Å²) in [6.07, 6.45) is 5.84. The minimum Gasteiger partial charge on any atom is -0.242 e. The van der Waals surface area contributed by atoms with Crippen molar-refractivity contribution in [3.05, 3.63) is 28.2 Å². The van der Waals surface area contributed by atoms with Gasteiger partial charge in [-0.15, -0.1) is 11.3 Å². The fourth-order valence-electron chi connectivity index (χ4n) is 0.882. The first-order valence-electron chi connectivity index (χ1n) is 4.50. The zero-order valence-electron chi connectivity index (χ0n) is 8.79. The highest BCUT2D eigenvalue weighted by Crippen LogP contribution is 2.19. The van der Waals surface area contributed by atoms with Crippen LogP contribution in [-0.4, -0.2) is 4.98 Å². The predicted molar refractivity (Wildman–Crippen MR) is 63.0 cm³/mol. The van der Waals surface area contributed by atoms with E-state index in [0.29, 0.717) is 0 Å². The van der Waals surface area contributed by atoms with Crippen LogP contribution < -0.4 is 0 Å². The van der Waals surface area contributed by atoms with Crippen LogP contribution in [0.25, 0.3) is 12.2 Å². The van der Waals surface area contributed by atoms with Gasteiger partial charge in [-0.1, -0.05) is 26.5 Å². The molecule has 0 saturated heterocycles. The van der Waals surface area contributed by atoms with Crippen LogP contribution in [0, 0.1) is 6.92 Å². The van der Waals surface area contributed by atoms with Gasteiger partial charge in [-0.3, -0.25) is 0 Å². The molecule has 0 unspecified atom stereocenters. The van der Waals surface area contributed by atoms with Crippen molar-refractivity contribution in [2.45, 2.75) is 27.7 Å². The van der Waals surface area contributed by atoms with E-state index in [2.05, 4.69) is 11.6 Å². The molecule has 1 aromatic rings. The van der Waals surface area contributed by atoms with Gasteiger partial charge in [0.05, 0.1) is 15.6 Å². The third-order valence-electron chi connectivity index (χ3n) is 1.30. The second-order valence-corrected chi connectivity index (χ2v) is 3.42. The van der Waals surface area contributed by atoms with E-state index in [1.54, 1.807) is 11.3 Å². The summed E-state index contributed by atoms with van der Waals surface area (Å²) >= 11 is 1.67. The number of hydrogen-bond acceptors (Lipinski definition) is 2. The number of rotatable bonds is 2. The van der Waals surface area contributed by atoms with E-state index in [-0.39, 0.29) is 0 Å². The van der Waals surface area contributed by atoms with Gasteiger partial charge in [-0.05, 0) is 26.0 Å². The minimum atomic E-state index is 1.03. The molecule has 0 aromatic carbocycles. The summed E-state index contributed by atoms with van der Waals surface area (Å²) in [4.78, 5) is 5.48. The van der Waals surface area contributed by atoms with Crippen LogP contribution in [-0.2, 0) is 0 Å². The van der Waals surface area contributed by atoms with Crippen molar-refractivity contribution in [2.75, 3.05) is 0 Å². The van der Waals surface area contributed by atoms with Gasteiger partial charge in [0, 0.05) is 0 Å². The summed E-state index contributed by atoms with van der Waals surface area (Å²) in [5.41, 5.74) is 1.03. The highest BCUT2D eigenvalue weighted by atomic mass is 32.1. The number of allylic oxidation sites excluding steroid dienone is 1. The van der Waals surface area contributed by atoms with Crippen LogP contribution in [0.2, 0.25) is 0 Å². The zero-order chi connectivity index (χ0) is 10.3. The summed E-state index contributed by atoms with van der Waals surface area (Å²) in [5.74, 6) is 0. The molecule has 0 fully saturated rings. The van der Waals surface area contributed by atoms with E-state index in [4.69, 9.17) is 0 Å². The average molecular weight is 195 g/mol. The number of aryl methyl sites for hydroxylation is 1. The third kappa shape index (κ3) is 3.55. The molecule has 0 spiro atoms. The van der Waals surface area contributed by atoms with E-state index >= 15 is 0 Å². The molecule has 1 heterocycles. The van der Waals surface area contributed by atoms with Crippen molar-refractivity contribution in [2.24, 2.45) is 0 Å². The van der Waals surface area contributed by atoms with E-state index in [9.17, 15) is 0 Å². The van der Waals surface area contributed by atoms with E-state index < -0.39 is 0 Å². The van der Waals surface area contributed by atoms with Crippen molar-refractivity contribution in [1.29, 1.82) is 0 Å². The molecule has 1 rings (SSSR count). The Balaban J connectivity index is 0.000000671. The Labute approximate surface area is 84.8 Å². The largest absolute Gasteiger partial charge is 0.242 e. The Kier molecular flexibility index (Phi) is 6.15. The molecule has 1 nitrogen and oxygen atoms in total. The number of hydrogen-bond donors (Lipinski definition) is 0. The molecular weight excluding hydrogens is 178 g/mol. The first kappa shape index (κ1) is 12.1. The van der Waals surface area contributed by atoms with Gasteiger partial charge in [0.1, 0.15) is 0 Å². The van der Waals surface area contributed by atoms with Gasteiger partial charge in [0.2, 0.25) is 0 Å². The lowest BCUT2D eigenvalue weighted by Crippen LogP contribution is -1.73. The molecule has 0 aliphatic carbocycles. The maximum atomic E-state index is 4.33. The van der Waals surface area contributed by atoms with Gasteiger partial charge < -0.3 is 0 Å². The first-order valence-corrected chi connectivity index (χ1v) is 5.32. The summed E-state index contributed by atoms with van der Waals surface area (Å²) in [6, 6.07) is 0. The first-order chi connectivity index (χ1) is 6.27. The fourth-order valence-corrected chi connectivity index (χ4v) is 1.65. The van der Waals surface area contributed by atoms with Crippen molar-refractivity contribution in [3.8, 4) is 0 Å². The SMILES string of the molecule is C=Cc1sc(C)nc1/C=C\C.CC. The van der Waals surface area contributed by atoms with Crippen LogP contribution in [0.15, 0.2) is 12.7 Å². The molecule has 13 heavy (non-hydrogen) atoms. The monoisotopic (exact) mass is 195 g/mol. The topological polar surface area (TPSA) is 12.9 Å². The molecule has 0 amide bonds. The Hall–Kier alpha value is -0.890. The van der Waals surface area contributed by atoms with Crippen LogP contribution in [0.1, 0.15) is 36.3 Å².